The lowest BCUT2D eigenvalue weighted by Gasteiger charge is -2.19. The van der Waals surface area contributed by atoms with Crippen molar-refractivity contribution in [3.63, 3.8) is 0 Å². The molecule has 0 spiro atoms. The van der Waals surface area contributed by atoms with E-state index in [1.54, 1.807) is 0 Å². The summed E-state index contributed by atoms with van der Waals surface area (Å²) in [6, 6.07) is 8.51. The fourth-order valence-electron chi connectivity index (χ4n) is 1.91. The van der Waals surface area contributed by atoms with Gasteiger partial charge >= 0.3 is 0 Å². The summed E-state index contributed by atoms with van der Waals surface area (Å²) in [6.45, 7) is 11.5. The summed E-state index contributed by atoms with van der Waals surface area (Å²) in [7, 11) is 0. The number of benzene rings is 1. The monoisotopic (exact) mass is 257 g/mol. The first kappa shape index (κ1) is 13.8. The SMILES string of the molecule is Cc1ccc(C)c(-n2ccc(CNC(C)(C)C)n2)c1. The fraction of sp³-hybridized carbons (Fsp3) is 0.438. The zero-order valence-electron chi connectivity index (χ0n) is 12.5. The quantitative estimate of drug-likeness (QED) is 0.913. The molecule has 0 unspecified atom stereocenters. The Morgan fingerprint density at radius 3 is 2.58 bits per heavy atom. The van der Waals surface area contributed by atoms with Crippen molar-refractivity contribution in [3.05, 3.63) is 47.3 Å². The molecule has 0 fully saturated rings. The lowest BCUT2D eigenvalue weighted by Crippen LogP contribution is -2.35. The van der Waals surface area contributed by atoms with Crippen LogP contribution in [-0.2, 0) is 6.54 Å². The van der Waals surface area contributed by atoms with Crippen LogP contribution in [0.25, 0.3) is 5.69 Å². The summed E-state index contributed by atoms with van der Waals surface area (Å²) in [6.07, 6.45) is 2.03. The van der Waals surface area contributed by atoms with Crippen LogP contribution in [0.5, 0.6) is 0 Å². The Labute approximate surface area is 115 Å². The summed E-state index contributed by atoms with van der Waals surface area (Å²) >= 11 is 0. The molecule has 0 radical (unpaired) electrons. The van der Waals surface area contributed by atoms with E-state index >= 15 is 0 Å². The summed E-state index contributed by atoms with van der Waals surface area (Å²) in [5.41, 5.74) is 4.83. The van der Waals surface area contributed by atoms with Crippen molar-refractivity contribution in [2.75, 3.05) is 0 Å². The van der Waals surface area contributed by atoms with Crippen molar-refractivity contribution in [1.82, 2.24) is 15.1 Å². The van der Waals surface area contributed by atoms with E-state index in [-0.39, 0.29) is 5.54 Å². The topological polar surface area (TPSA) is 29.9 Å². The molecule has 19 heavy (non-hydrogen) atoms. The minimum atomic E-state index is 0.114. The third kappa shape index (κ3) is 3.67. The first-order valence-corrected chi connectivity index (χ1v) is 6.72. The summed E-state index contributed by atoms with van der Waals surface area (Å²) in [5, 5.41) is 8.09. The van der Waals surface area contributed by atoms with Gasteiger partial charge in [0.1, 0.15) is 0 Å². The molecule has 1 N–H and O–H groups in total. The van der Waals surface area contributed by atoms with E-state index in [9.17, 15) is 0 Å². The predicted molar refractivity (Wildman–Crippen MR) is 79.6 cm³/mol. The zero-order chi connectivity index (χ0) is 14.0. The molecule has 0 aliphatic rings. The van der Waals surface area contributed by atoms with Crippen molar-refractivity contribution in [2.24, 2.45) is 0 Å². The van der Waals surface area contributed by atoms with E-state index in [4.69, 9.17) is 0 Å². The Kier molecular flexibility index (Phi) is 3.76. The van der Waals surface area contributed by atoms with Crippen LogP contribution >= 0.6 is 0 Å². The van der Waals surface area contributed by atoms with Crippen molar-refractivity contribution in [3.8, 4) is 5.69 Å². The number of hydrogen-bond donors (Lipinski definition) is 1. The maximum atomic E-state index is 4.64. The van der Waals surface area contributed by atoms with Crippen LogP contribution in [0.15, 0.2) is 30.5 Å². The average Bonchev–Trinajstić information content (AvgIpc) is 2.77. The molecule has 0 amide bonds. The van der Waals surface area contributed by atoms with Crippen LogP contribution in [0.2, 0.25) is 0 Å². The van der Waals surface area contributed by atoms with Gasteiger partial charge in [-0.25, -0.2) is 4.68 Å². The molecule has 102 valence electrons. The Balaban J connectivity index is 2.19. The van der Waals surface area contributed by atoms with Gasteiger partial charge in [-0.05, 0) is 57.9 Å². The number of nitrogens with zero attached hydrogens (tertiary/aromatic N) is 2. The molecule has 2 rings (SSSR count). The standard InChI is InChI=1S/C16H23N3/c1-12-6-7-13(2)15(10-12)19-9-8-14(18-19)11-17-16(3,4)5/h6-10,17H,11H2,1-5H3. The molecule has 0 bridgehead atoms. The molecule has 0 saturated carbocycles. The second-order valence-corrected chi connectivity index (χ2v) is 6.15. The molecular formula is C16H23N3. The van der Waals surface area contributed by atoms with E-state index in [1.807, 2.05) is 10.9 Å². The normalized spacial score (nSPS) is 11.8. The van der Waals surface area contributed by atoms with E-state index in [2.05, 4.69) is 69.3 Å². The Morgan fingerprint density at radius 2 is 1.89 bits per heavy atom. The molecule has 3 nitrogen and oxygen atoms in total. The lowest BCUT2D eigenvalue weighted by molar-refractivity contribution is 0.420. The van der Waals surface area contributed by atoms with Gasteiger partial charge in [0.25, 0.3) is 0 Å². The van der Waals surface area contributed by atoms with Gasteiger partial charge in [-0.1, -0.05) is 12.1 Å². The fourth-order valence-corrected chi connectivity index (χ4v) is 1.91. The third-order valence-electron chi connectivity index (χ3n) is 3.06. The number of aromatic nitrogens is 2. The summed E-state index contributed by atoms with van der Waals surface area (Å²) in [5.74, 6) is 0. The molecule has 1 aromatic heterocycles. The Hall–Kier alpha value is -1.61. The second-order valence-electron chi connectivity index (χ2n) is 6.15. The molecule has 0 aliphatic heterocycles. The average molecular weight is 257 g/mol. The smallest absolute Gasteiger partial charge is 0.0767 e. The van der Waals surface area contributed by atoms with E-state index in [0.29, 0.717) is 0 Å². The van der Waals surface area contributed by atoms with Crippen LogP contribution in [-0.4, -0.2) is 15.3 Å². The molecule has 0 aliphatic carbocycles. The van der Waals surface area contributed by atoms with Gasteiger partial charge in [0.15, 0.2) is 0 Å². The van der Waals surface area contributed by atoms with Crippen LogP contribution in [0.3, 0.4) is 0 Å². The van der Waals surface area contributed by atoms with Gasteiger partial charge in [0.05, 0.1) is 11.4 Å². The zero-order valence-corrected chi connectivity index (χ0v) is 12.5. The van der Waals surface area contributed by atoms with E-state index < -0.39 is 0 Å². The molecule has 0 saturated heterocycles. The number of rotatable bonds is 3. The molecular weight excluding hydrogens is 234 g/mol. The number of aryl methyl sites for hydroxylation is 2. The molecule has 1 aromatic carbocycles. The van der Waals surface area contributed by atoms with Gasteiger partial charge < -0.3 is 5.32 Å². The van der Waals surface area contributed by atoms with Gasteiger partial charge in [0, 0.05) is 18.3 Å². The van der Waals surface area contributed by atoms with Crippen LogP contribution < -0.4 is 5.32 Å². The minimum absolute atomic E-state index is 0.114. The summed E-state index contributed by atoms with van der Waals surface area (Å²) < 4.78 is 1.96. The van der Waals surface area contributed by atoms with E-state index in [0.717, 1.165) is 17.9 Å². The highest BCUT2D eigenvalue weighted by atomic mass is 15.3. The van der Waals surface area contributed by atoms with Crippen molar-refractivity contribution < 1.29 is 0 Å². The maximum Gasteiger partial charge on any atom is 0.0767 e. The largest absolute Gasteiger partial charge is 0.306 e. The highest BCUT2D eigenvalue weighted by Crippen LogP contribution is 2.15. The predicted octanol–water partition coefficient (Wildman–Crippen LogP) is 3.38. The number of nitrogens with one attached hydrogen (secondary N) is 1. The van der Waals surface area contributed by atoms with Gasteiger partial charge in [-0.3, -0.25) is 0 Å². The minimum Gasteiger partial charge on any atom is -0.306 e. The van der Waals surface area contributed by atoms with Crippen LogP contribution in [0.1, 0.15) is 37.6 Å². The highest BCUT2D eigenvalue weighted by Gasteiger charge is 2.10. The number of hydrogen-bond acceptors (Lipinski definition) is 2. The maximum absolute atomic E-state index is 4.64. The van der Waals surface area contributed by atoms with Crippen molar-refractivity contribution in [1.29, 1.82) is 0 Å². The molecule has 0 atom stereocenters. The molecule has 3 heteroatoms. The Bertz CT molecular complexity index is 562. The van der Waals surface area contributed by atoms with Gasteiger partial charge in [-0.2, -0.15) is 5.10 Å². The second kappa shape index (κ2) is 5.17. The first-order valence-electron chi connectivity index (χ1n) is 6.72. The first-order chi connectivity index (χ1) is 8.85. The van der Waals surface area contributed by atoms with Crippen LogP contribution in [0, 0.1) is 13.8 Å². The molecule has 1 heterocycles. The Morgan fingerprint density at radius 1 is 1.16 bits per heavy atom. The van der Waals surface area contributed by atoms with Gasteiger partial charge in [0.2, 0.25) is 0 Å². The van der Waals surface area contributed by atoms with Gasteiger partial charge in [-0.15, -0.1) is 0 Å². The third-order valence-corrected chi connectivity index (χ3v) is 3.06. The molecule has 2 aromatic rings. The lowest BCUT2D eigenvalue weighted by atomic mass is 10.1. The van der Waals surface area contributed by atoms with Crippen LogP contribution in [0.4, 0.5) is 0 Å². The van der Waals surface area contributed by atoms with E-state index in [1.165, 1.54) is 11.1 Å². The summed E-state index contributed by atoms with van der Waals surface area (Å²) in [4.78, 5) is 0. The van der Waals surface area contributed by atoms with Crippen molar-refractivity contribution in [2.45, 2.75) is 46.7 Å². The van der Waals surface area contributed by atoms with Crippen molar-refractivity contribution >= 4 is 0 Å². The highest BCUT2D eigenvalue weighted by molar-refractivity contribution is 5.42.